The molecule has 2 fully saturated rings. The van der Waals surface area contributed by atoms with Crippen molar-refractivity contribution in [3.8, 4) is 0 Å². The molecule has 172 valence electrons. The number of anilines is 2. The smallest absolute Gasteiger partial charge is 0.172 e. The van der Waals surface area contributed by atoms with Crippen LogP contribution in [0.2, 0.25) is 0 Å². The summed E-state index contributed by atoms with van der Waals surface area (Å²) in [6.45, 7) is 3.73. The largest absolute Gasteiger partial charge is 0.369 e. The number of carbonyl (C=O) groups is 1. The molecule has 2 aliphatic heterocycles. The topological polar surface area (TPSA) is 30.0 Å². The Kier molecular flexibility index (Phi) is 7.71. The summed E-state index contributed by atoms with van der Waals surface area (Å²) >= 11 is 0. The number of para-hydroxylation sites is 2. The van der Waals surface area contributed by atoms with Crippen LogP contribution in [-0.2, 0) is 4.79 Å². The van der Waals surface area contributed by atoms with E-state index in [1.54, 1.807) is 0 Å². The van der Waals surface area contributed by atoms with Crippen LogP contribution in [0.25, 0.3) is 0 Å². The Morgan fingerprint density at radius 2 is 0.969 bits per heavy atom. The van der Waals surface area contributed by atoms with Crippen LogP contribution in [0.15, 0.2) is 60.7 Å². The molecule has 32 heavy (non-hydrogen) atoms. The van der Waals surface area contributed by atoms with Crippen molar-refractivity contribution in [3.63, 3.8) is 0 Å². The maximum Gasteiger partial charge on any atom is 0.172 e. The Labute approximate surface area is 189 Å². The number of halogens is 2. The molecule has 2 aromatic rings. The molecule has 2 aromatic carbocycles. The Morgan fingerprint density at radius 3 is 1.28 bits per heavy atom. The monoisotopic (exact) mass is 442 g/mol. The average Bonchev–Trinajstić information content (AvgIpc) is 2.87. The highest BCUT2D eigenvalue weighted by atomic mass is 19.1. The third-order valence-electron chi connectivity index (χ3n) is 6.70. The first kappa shape index (κ1) is 22.7. The van der Waals surface area contributed by atoms with Crippen LogP contribution in [0.4, 0.5) is 20.2 Å². The van der Waals surface area contributed by atoms with Gasteiger partial charge in [0.2, 0.25) is 0 Å². The molecule has 7 heteroatoms. The summed E-state index contributed by atoms with van der Waals surface area (Å²) in [5.41, 5.74) is 2.27. The summed E-state index contributed by atoms with van der Waals surface area (Å²) < 4.78 is 28.1. The van der Waals surface area contributed by atoms with E-state index in [0.717, 1.165) is 37.6 Å². The minimum absolute atomic E-state index is 0.323. The van der Waals surface area contributed by atoms with Gasteiger partial charge < -0.3 is 9.80 Å². The molecule has 0 saturated carbocycles. The van der Waals surface area contributed by atoms with E-state index >= 15 is 0 Å². The molecule has 2 unspecified atom stereocenters. The molecule has 0 aromatic heterocycles. The van der Waals surface area contributed by atoms with Crippen molar-refractivity contribution in [1.29, 1.82) is 0 Å². The molecule has 2 saturated heterocycles. The zero-order valence-electron chi connectivity index (χ0n) is 18.5. The number of hydrogen-bond acceptors (Lipinski definition) is 5. The molecule has 4 rings (SSSR count). The molecule has 2 heterocycles. The van der Waals surface area contributed by atoms with E-state index in [-0.39, 0.29) is 5.78 Å². The number of Topliss-reactive ketones (excluding diaryl/α,β-unsaturated/α-hetero) is 1. The van der Waals surface area contributed by atoms with E-state index in [0.29, 0.717) is 26.2 Å². The maximum absolute atomic E-state index is 14.0. The lowest BCUT2D eigenvalue weighted by molar-refractivity contribution is -0.131. The highest BCUT2D eigenvalue weighted by Gasteiger charge is 2.37. The zero-order valence-corrected chi connectivity index (χ0v) is 18.5. The average molecular weight is 443 g/mol. The molecule has 0 N–H and O–H groups in total. The van der Waals surface area contributed by atoms with Crippen LogP contribution in [0.3, 0.4) is 0 Å². The van der Waals surface area contributed by atoms with Gasteiger partial charge in [0.1, 0.15) is 13.3 Å². The number of carbonyl (C=O) groups excluding carboxylic acids is 1. The minimum atomic E-state index is -0.874. The number of rotatable bonds is 8. The van der Waals surface area contributed by atoms with Crippen molar-refractivity contribution < 1.29 is 13.6 Å². The lowest BCUT2D eigenvalue weighted by Crippen LogP contribution is -2.60. The van der Waals surface area contributed by atoms with Crippen molar-refractivity contribution in [3.05, 3.63) is 60.7 Å². The van der Waals surface area contributed by atoms with Crippen LogP contribution in [0, 0.1) is 0 Å². The fourth-order valence-corrected chi connectivity index (χ4v) is 4.79. The van der Waals surface area contributed by atoms with Crippen LogP contribution >= 0.6 is 0 Å². The molecule has 5 nitrogen and oxygen atoms in total. The predicted octanol–water partition coefficient (Wildman–Crippen LogP) is 2.88. The van der Waals surface area contributed by atoms with Gasteiger partial charge in [0.25, 0.3) is 0 Å². The fraction of sp³-hybridized carbons (Fsp3) is 0.480. The number of piperazine rings is 2. The standard InChI is InChI=1S/C25H32F2N4O/c26-19-23(30-15-11-28(12-16-30)21-7-3-1-4-8-21)25(32)24(20-27)31-17-13-29(14-18-31)22-9-5-2-6-10-22/h1-10,23-24H,11-20H2. The van der Waals surface area contributed by atoms with Gasteiger partial charge in [-0.3, -0.25) is 14.6 Å². The van der Waals surface area contributed by atoms with Gasteiger partial charge in [0, 0.05) is 63.7 Å². The summed E-state index contributed by atoms with van der Waals surface area (Å²) in [4.78, 5) is 21.5. The molecule has 0 spiro atoms. The molecular weight excluding hydrogens is 410 g/mol. The quantitative estimate of drug-likeness (QED) is 0.627. The fourth-order valence-electron chi connectivity index (χ4n) is 4.79. The minimum Gasteiger partial charge on any atom is -0.369 e. The molecule has 0 radical (unpaired) electrons. The van der Waals surface area contributed by atoms with Gasteiger partial charge in [0.15, 0.2) is 5.78 Å². The van der Waals surface area contributed by atoms with E-state index in [4.69, 9.17) is 0 Å². The van der Waals surface area contributed by atoms with Gasteiger partial charge in [-0.25, -0.2) is 8.78 Å². The van der Waals surface area contributed by atoms with Crippen LogP contribution in [0.1, 0.15) is 0 Å². The lowest BCUT2D eigenvalue weighted by atomic mass is 10.0. The van der Waals surface area contributed by atoms with E-state index in [1.807, 2.05) is 46.2 Å². The molecular formula is C25H32F2N4O. The highest BCUT2D eigenvalue weighted by Crippen LogP contribution is 2.21. The van der Waals surface area contributed by atoms with Gasteiger partial charge in [-0.1, -0.05) is 36.4 Å². The van der Waals surface area contributed by atoms with Crippen LogP contribution in [0.5, 0.6) is 0 Å². The number of ketones is 1. The van der Waals surface area contributed by atoms with Crippen molar-refractivity contribution in [2.24, 2.45) is 0 Å². The SMILES string of the molecule is O=C(C(CF)N1CCN(c2ccccc2)CC1)C(CF)N1CCN(c2ccccc2)CC1. The van der Waals surface area contributed by atoms with Crippen molar-refractivity contribution in [1.82, 2.24) is 9.80 Å². The number of benzene rings is 2. The number of alkyl halides is 2. The molecule has 0 bridgehead atoms. The Morgan fingerprint density at radius 1 is 0.625 bits per heavy atom. The predicted molar refractivity (Wildman–Crippen MR) is 125 cm³/mol. The lowest BCUT2D eigenvalue weighted by Gasteiger charge is -2.42. The second kappa shape index (κ2) is 10.9. The van der Waals surface area contributed by atoms with Gasteiger partial charge in [0.05, 0.1) is 12.1 Å². The summed E-state index contributed by atoms with van der Waals surface area (Å²) in [5.74, 6) is -0.323. The first-order valence-electron chi connectivity index (χ1n) is 11.4. The number of hydrogen-bond donors (Lipinski definition) is 0. The number of nitrogens with zero attached hydrogens (tertiary/aromatic N) is 4. The molecule has 0 aliphatic carbocycles. The van der Waals surface area contributed by atoms with E-state index in [9.17, 15) is 13.6 Å². The molecule has 0 amide bonds. The van der Waals surface area contributed by atoms with Crippen LogP contribution in [-0.4, -0.2) is 93.4 Å². The van der Waals surface area contributed by atoms with Crippen molar-refractivity contribution >= 4 is 17.2 Å². The molecule has 2 atom stereocenters. The highest BCUT2D eigenvalue weighted by molar-refractivity contribution is 5.89. The van der Waals surface area contributed by atoms with Gasteiger partial charge >= 0.3 is 0 Å². The maximum atomic E-state index is 14.0. The second-order valence-corrected chi connectivity index (χ2v) is 8.46. The summed E-state index contributed by atoms with van der Waals surface area (Å²) in [6.07, 6.45) is 0. The third-order valence-corrected chi connectivity index (χ3v) is 6.70. The zero-order chi connectivity index (χ0) is 22.3. The molecule has 2 aliphatic rings. The Balaban J connectivity index is 1.34. The van der Waals surface area contributed by atoms with Crippen molar-refractivity contribution in [2.45, 2.75) is 12.1 Å². The first-order valence-corrected chi connectivity index (χ1v) is 11.4. The van der Waals surface area contributed by atoms with Crippen LogP contribution < -0.4 is 9.80 Å². The van der Waals surface area contributed by atoms with Crippen molar-refractivity contribution in [2.75, 3.05) is 75.5 Å². The van der Waals surface area contributed by atoms with Gasteiger partial charge in [-0.05, 0) is 24.3 Å². The first-order chi connectivity index (χ1) is 15.7. The Bertz CT molecular complexity index is 768. The van der Waals surface area contributed by atoms with Gasteiger partial charge in [-0.2, -0.15) is 0 Å². The van der Waals surface area contributed by atoms with E-state index < -0.39 is 25.4 Å². The summed E-state index contributed by atoms with van der Waals surface area (Å²) in [6, 6.07) is 18.4. The third kappa shape index (κ3) is 5.10. The van der Waals surface area contributed by atoms with E-state index in [2.05, 4.69) is 34.1 Å². The summed E-state index contributed by atoms with van der Waals surface area (Å²) in [7, 11) is 0. The Hall–Kier alpha value is -2.51. The normalized spacial score (nSPS) is 20.2. The van der Waals surface area contributed by atoms with Gasteiger partial charge in [-0.15, -0.1) is 0 Å². The summed E-state index contributed by atoms with van der Waals surface area (Å²) in [5, 5.41) is 0. The van der Waals surface area contributed by atoms with E-state index in [1.165, 1.54) is 0 Å². The second-order valence-electron chi connectivity index (χ2n) is 8.46.